The average molecular weight is 292 g/mol. The van der Waals surface area contributed by atoms with E-state index in [2.05, 4.69) is 42.3 Å². The predicted molar refractivity (Wildman–Crippen MR) is 84.0 cm³/mol. The fraction of sp³-hybridized carbons (Fsp3) is 0.467. The monoisotopic (exact) mass is 292 g/mol. The highest BCUT2D eigenvalue weighted by atomic mass is 32.1. The van der Waals surface area contributed by atoms with Crippen molar-refractivity contribution in [3.63, 3.8) is 0 Å². The number of thiophene rings is 2. The summed E-state index contributed by atoms with van der Waals surface area (Å²) < 4.78 is 0. The van der Waals surface area contributed by atoms with E-state index in [0.717, 1.165) is 13.0 Å². The van der Waals surface area contributed by atoms with Gasteiger partial charge in [0.2, 0.25) is 0 Å². The summed E-state index contributed by atoms with van der Waals surface area (Å²) in [6, 6.07) is 7.57. The second-order valence-corrected chi connectivity index (χ2v) is 7.48. The molecule has 0 saturated heterocycles. The van der Waals surface area contributed by atoms with Gasteiger partial charge in [-0.05, 0) is 49.4 Å². The van der Waals surface area contributed by atoms with Gasteiger partial charge in [0.25, 0.3) is 0 Å². The van der Waals surface area contributed by atoms with E-state index in [4.69, 9.17) is 5.73 Å². The van der Waals surface area contributed by atoms with Crippen molar-refractivity contribution >= 4 is 22.7 Å². The highest BCUT2D eigenvalue weighted by molar-refractivity contribution is 7.12. The molecule has 0 bridgehead atoms. The van der Waals surface area contributed by atoms with Crippen LogP contribution in [0, 0.1) is 6.92 Å². The smallest absolute Gasteiger partial charge is 0.0569 e. The number of aryl methyl sites for hydroxylation is 1. The Balaban J connectivity index is 1.89. The van der Waals surface area contributed by atoms with Gasteiger partial charge in [-0.2, -0.15) is 0 Å². The number of fused-ring (bicyclic) bond motifs is 1. The number of nitrogens with zero attached hydrogens (tertiary/aromatic N) is 1. The molecule has 2 N–H and O–H groups in total. The number of hydrogen-bond acceptors (Lipinski definition) is 4. The van der Waals surface area contributed by atoms with Gasteiger partial charge in [-0.3, -0.25) is 4.90 Å². The lowest BCUT2D eigenvalue weighted by atomic mass is 9.98. The van der Waals surface area contributed by atoms with Crippen molar-refractivity contribution in [1.82, 2.24) is 4.90 Å². The van der Waals surface area contributed by atoms with Crippen LogP contribution in [0.3, 0.4) is 0 Å². The number of rotatable bonds is 3. The van der Waals surface area contributed by atoms with Crippen molar-refractivity contribution in [3.05, 3.63) is 43.8 Å². The summed E-state index contributed by atoms with van der Waals surface area (Å²) in [5.74, 6) is 0. The van der Waals surface area contributed by atoms with Crippen LogP contribution in [-0.4, -0.2) is 18.0 Å². The molecule has 1 aliphatic heterocycles. The molecule has 0 radical (unpaired) electrons. The van der Waals surface area contributed by atoms with Gasteiger partial charge >= 0.3 is 0 Å². The molecule has 0 spiro atoms. The molecule has 2 aromatic rings. The molecule has 0 aliphatic carbocycles. The zero-order valence-corrected chi connectivity index (χ0v) is 13.1. The van der Waals surface area contributed by atoms with E-state index in [0.29, 0.717) is 18.6 Å². The van der Waals surface area contributed by atoms with Crippen LogP contribution in [0.25, 0.3) is 0 Å². The van der Waals surface area contributed by atoms with Crippen molar-refractivity contribution in [3.8, 4) is 0 Å². The summed E-state index contributed by atoms with van der Waals surface area (Å²) in [5, 5.41) is 2.22. The Bertz CT molecular complexity index is 558. The van der Waals surface area contributed by atoms with Crippen molar-refractivity contribution in [2.45, 2.75) is 32.4 Å². The molecule has 2 atom stereocenters. The van der Waals surface area contributed by atoms with E-state index in [1.807, 2.05) is 22.7 Å². The minimum Gasteiger partial charge on any atom is -0.329 e. The Hall–Kier alpha value is -0.680. The Labute approximate surface area is 122 Å². The fourth-order valence-electron chi connectivity index (χ4n) is 3.00. The second-order valence-electron chi connectivity index (χ2n) is 5.16. The lowest BCUT2D eigenvalue weighted by Gasteiger charge is -2.38. The Kier molecular flexibility index (Phi) is 3.76. The fourth-order valence-corrected chi connectivity index (χ4v) is 4.98. The Morgan fingerprint density at radius 3 is 2.95 bits per heavy atom. The topological polar surface area (TPSA) is 29.3 Å². The minimum atomic E-state index is 0.363. The molecule has 0 aromatic carbocycles. The molecule has 2 nitrogen and oxygen atoms in total. The minimum absolute atomic E-state index is 0.363. The van der Waals surface area contributed by atoms with Crippen molar-refractivity contribution < 1.29 is 0 Å². The van der Waals surface area contributed by atoms with Gasteiger partial charge in [0, 0.05) is 33.8 Å². The highest BCUT2D eigenvalue weighted by Gasteiger charge is 2.30. The van der Waals surface area contributed by atoms with Gasteiger partial charge < -0.3 is 5.73 Å². The van der Waals surface area contributed by atoms with Gasteiger partial charge in [0.15, 0.2) is 0 Å². The molecular formula is C15H20N2S2. The SMILES string of the molecule is Cc1ccc(C(CN)N2CCc3sccc3C2C)s1. The van der Waals surface area contributed by atoms with Crippen LogP contribution >= 0.6 is 22.7 Å². The molecule has 4 heteroatoms. The molecule has 102 valence electrons. The van der Waals surface area contributed by atoms with Gasteiger partial charge in [-0.1, -0.05) is 0 Å². The molecular weight excluding hydrogens is 272 g/mol. The Morgan fingerprint density at radius 1 is 1.42 bits per heavy atom. The summed E-state index contributed by atoms with van der Waals surface area (Å²) >= 11 is 3.78. The third-order valence-electron chi connectivity index (χ3n) is 4.04. The summed E-state index contributed by atoms with van der Waals surface area (Å²) in [7, 11) is 0. The summed E-state index contributed by atoms with van der Waals surface area (Å²) in [4.78, 5) is 6.90. The molecule has 2 aromatic heterocycles. The molecule has 2 unspecified atom stereocenters. The van der Waals surface area contributed by atoms with Crippen LogP contribution in [0.4, 0.5) is 0 Å². The van der Waals surface area contributed by atoms with E-state index >= 15 is 0 Å². The first-order chi connectivity index (χ1) is 9.20. The highest BCUT2D eigenvalue weighted by Crippen LogP contribution is 2.39. The van der Waals surface area contributed by atoms with Crippen molar-refractivity contribution in [1.29, 1.82) is 0 Å². The molecule has 1 aliphatic rings. The first kappa shape index (κ1) is 13.3. The van der Waals surface area contributed by atoms with Crippen LogP contribution < -0.4 is 5.73 Å². The lowest BCUT2D eigenvalue weighted by molar-refractivity contribution is 0.141. The maximum atomic E-state index is 6.07. The molecule has 0 amide bonds. The third kappa shape index (κ3) is 2.38. The van der Waals surface area contributed by atoms with E-state index in [-0.39, 0.29) is 0 Å². The van der Waals surface area contributed by atoms with Crippen LogP contribution in [0.15, 0.2) is 23.6 Å². The van der Waals surface area contributed by atoms with Gasteiger partial charge in [-0.15, -0.1) is 22.7 Å². The summed E-state index contributed by atoms with van der Waals surface area (Å²) in [6.45, 7) is 6.30. The normalized spacial score (nSPS) is 21.3. The molecule has 0 saturated carbocycles. The van der Waals surface area contributed by atoms with Crippen LogP contribution in [0.1, 0.15) is 39.2 Å². The zero-order valence-electron chi connectivity index (χ0n) is 11.4. The predicted octanol–water partition coefficient (Wildman–Crippen LogP) is 3.74. The van der Waals surface area contributed by atoms with Crippen LogP contribution in [0.5, 0.6) is 0 Å². The van der Waals surface area contributed by atoms with Crippen LogP contribution in [0.2, 0.25) is 0 Å². The lowest BCUT2D eigenvalue weighted by Crippen LogP contribution is -2.39. The van der Waals surface area contributed by atoms with E-state index in [9.17, 15) is 0 Å². The van der Waals surface area contributed by atoms with Crippen LogP contribution in [-0.2, 0) is 6.42 Å². The van der Waals surface area contributed by atoms with E-state index in [1.165, 1.54) is 15.3 Å². The van der Waals surface area contributed by atoms with Gasteiger partial charge in [0.1, 0.15) is 0 Å². The maximum Gasteiger partial charge on any atom is 0.0569 e. The van der Waals surface area contributed by atoms with Gasteiger partial charge in [0.05, 0.1) is 6.04 Å². The number of nitrogens with two attached hydrogens (primary N) is 1. The molecule has 3 heterocycles. The third-order valence-corrected chi connectivity index (χ3v) is 6.14. The average Bonchev–Trinajstić information content (AvgIpc) is 3.02. The standard InChI is InChI=1S/C15H20N2S2/c1-10-3-4-15(19-10)13(9-16)17-7-5-14-12(11(17)2)6-8-18-14/h3-4,6,8,11,13H,5,7,9,16H2,1-2H3. The molecule has 19 heavy (non-hydrogen) atoms. The first-order valence-corrected chi connectivity index (χ1v) is 8.48. The quantitative estimate of drug-likeness (QED) is 0.934. The summed E-state index contributed by atoms with van der Waals surface area (Å²) in [6.07, 6.45) is 1.16. The largest absolute Gasteiger partial charge is 0.329 e. The number of hydrogen-bond donors (Lipinski definition) is 1. The first-order valence-electron chi connectivity index (χ1n) is 6.79. The summed E-state index contributed by atoms with van der Waals surface area (Å²) in [5.41, 5.74) is 7.57. The molecule has 3 rings (SSSR count). The van der Waals surface area contributed by atoms with Gasteiger partial charge in [-0.25, -0.2) is 0 Å². The maximum absolute atomic E-state index is 6.07. The van der Waals surface area contributed by atoms with Crippen molar-refractivity contribution in [2.24, 2.45) is 5.73 Å². The second kappa shape index (κ2) is 5.37. The van der Waals surface area contributed by atoms with E-state index < -0.39 is 0 Å². The molecule has 0 fully saturated rings. The zero-order chi connectivity index (χ0) is 13.4. The van der Waals surface area contributed by atoms with Crippen molar-refractivity contribution in [2.75, 3.05) is 13.1 Å². The Morgan fingerprint density at radius 2 is 2.26 bits per heavy atom. The van der Waals surface area contributed by atoms with E-state index in [1.54, 1.807) is 4.88 Å².